The van der Waals surface area contributed by atoms with Crippen LogP contribution in [-0.2, 0) is 32.7 Å². The van der Waals surface area contributed by atoms with Gasteiger partial charge < -0.3 is 39.0 Å². The Morgan fingerprint density at radius 1 is 1.05 bits per heavy atom. The van der Waals surface area contributed by atoms with E-state index in [1.807, 2.05) is 80.6 Å². The molecule has 0 saturated carbocycles. The predicted molar refractivity (Wildman–Crippen MR) is 204 cm³/mol. The van der Waals surface area contributed by atoms with Crippen LogP contribution in [0.4, 0.5) is 10.5 Å². The monoisotopic (exact) mass is 755 g/mol. The number of aromatic nitrogens is 2. The molecule has 2 aromatic heterocycles. The number of amides is 2. The summed E-state index contributed by atoms with van der Waals surface area (Å²) in [5.41, 5.74) is 3.68. The number of para-hydroxylation sites is 1. The first kappa shape index (κ1) is 36.4. The Bertz CT molecular complexity index is 2370. The van der Waals surface area contributed by atoms with E-state index in [0.29, 0.717) is 11.5 Å². The molecule has 5 aromatic rings. The predicted octanol–water partition coefficient (Wildman–Crippen LogP) is 6.80. The first-order chi connectivity index (χ1) is 27.2. The number of hydrogen-bond donors (Lipinski definition) is 3. The zero-order valence-electron chi connectivity index (χ0n) is 31.4. The summed E-state index contributed by atoms with van der Waals surface area (Å²) in [4.78, 5) is 49.4. The summed E-state index contributed by atoms with van der Waals surface area (Å²) >= 11 is 0. The van der Waals surface area contributed by atoms with Gasteiger partial charge in [-0.2, -0.15) is 0 Å². The molecule has 2 amide bonds. The van der Waals surface area contributed by atoms with Gasteiger partial charge in [-0.3, -0.25) is 4.79 Å². The molecule has 1 unspecified atom stereocenters. The minimum Gasteiger partial charge on any atom is -0.469 e. The molecule has 13 heteroatoms. The van der Waals surface area contributed by atoms with Crippen LogP contribution in [0.1, 0.15) is 96.0 Å². The zero-order chi connectivity index (χ0) is 39.0. The lowest BCUT2D eigenvalue weighted by atomic mass is 9.72. The second-order valence-corrected chi connectivity index (χ2v) is 14.4. The van der Waals surface area contributed by atoms with Gasteiger partial charge in [0.15, 0.2) is 23.4 Å². The average Bonchev–Trinajstić information content (AvgIpc) is 3.99. The number of esters is 1. The molecular weight excluding hydrogens is 714 g/mol. The maximum Gasteiger partial charge on any atom is 0.408 e. The molecule has 5 heterocycles. The Balaban J connectivity index is 1.30. The van der Waals surface area contributed by atoms with Crippen LogP contribution in [0.3, 0.4) is 0 Å². The van der Waals surface area contributed by atoms with Crippen molar-refractivity contribution in [3.8, 4) is 29.2 Å². The molecule has 1 spiro atoms. The molecule has 8 rings (SSSR count). The van der Waals surface area contributed by atoms with Gasteiger partial charge in [-0.15, -0.1) is 0 Å². The van der Waals surface area contributed by atoms with Crippen molar-refractivity contribution in [3.05, 3.63) is 118 Å². The van der Waals surface area contributed by atoms with Gasteiger partial charge in [0, 0.05) is 29.5 Å². The van der Waals surface area contributed by atoms with E-state index in [-0.39, 0.29) is 42.1 Å². The molecule has 4 bridgehead atoms. The van der Waals surface area contributed by atoms with Crippen molar-refractivity contribution in [2.45, 2.75) is 76.8 Å². The molecule has 3 aliphatic rings. The number of nitrogens with one attached hydrogen (secondary N) is 3. The van der Waals surface area contributed by atoms with Gasteiger partial charge in [-0.1, -0.05) is 93.6 Å². The van der Waals surface area contributed by atoms with Crippen molar-refractivity contribution in [2.75, 3.05) is 12.4 Å². The number of oxazole rings is 2. The summed E-state index contributed by atoms with van der Waals surface area (Å²) in [6, 6.07) is 19.1. The number of nitrogens with zero attached hydrogens (tertiary/aromatic N) is 2. The standard InChI is InChI=1S/C43H41N5O8/c1-5-6-7-11-15-27-16-12-17-28-34(27)48-41-43(28)29-20-26(18-19-32(29)55-41)21-30(45-42(51)54-22-25-13-9-8-10-14-25)37(49)46-33(24(2)3)39-47-35(36(43)56-39)38-44-31(23-53-38)40(50)52-4/h8-10,12-14,16-20,23-24,30,33,41,48H,5-7,21-22H2,1-4H3,(H,45,51)(H,46,49)/t30-,33-,41-,43?/m0/s1. The lowest BCUT2D eigenvalue weighted by molar-refractivity contribution is -0.124. The smallest absolute Gasteiger partial charge is 0.408 e. The fraction of sp³-hybridized carbons (Fsp3) is 0.326. The van der Waals surface area contributed by atoms with E-state index in [1.165, 1.54) is 13.4 Å². The van der Waals surface area contributed by atoms with E-state index < -0.39 is 41.7 Å². The first-order valence-electron chi connectivity index (χ1n) is 18.7. The van der Waals surface area contributed by atoms with Crippen LogP contribution in [0, 0.1) is 17.8 Å². The highest BCUT2D eigenvalue weighted by Crippen LogP contribution is 2.60. The Kier molecular flexibility index (Phi) is 9.72. The van der Waals surface area contributed by atoms with Gasteiger partial charge in [0.05, 0.1) is 12.8 Å². The molecule has 13 nitrogen and oxygen atoms in total. The molecule has 0 saturated heterocycles. The van der Waals surface area contributed by atoms with Gasteiger partial charge >= 0.3 is 12.1 Å². The van der Waals surface area contributed by atoms with E-state index in [1.54, 1.807) is 0 Å². The normalized spacial score (nSPS) is 20.2. The third kappa shape index (κ3) is 6.40. The fourth-order valence-electron chi connectivity index (χ4n) is 7.54. The molecular formula is C43H41N5O8. The van der Waals surface area contributed by atoms with Crippen LogP contribution in [0.15, 0.2) is 81.8 Å². The Morgan fingerprint density at radius 2 is 1.89 bits per heavy atom. The number of methoxy groups -OCH3 is 1. The van der Waals surface area contributed by atoms with E-state index in [0.717, 1.165) is 52.8 Å². The molecule has 3 N–H and O–H groups in total. The highest BCUT2D eigenvalue weighted by atomic mass is 16.5. The number of carbonyl (C=O) groups is 3. The van der Waals surface area contributed by atoms with Crippen LogP contribution >= 0.6 is 0 Å². The Labute approximate surface area is 323 Å². The molecule has 56 heavy (non-hydrogen) atoms. The number of rotatable bonds is 8. The van der Waals surface area contributed by atoms with Crippen molar-refractivity contribution >= 4 is 23.7 Å². The van der Waals surface area contributed by atoms with Crippen molar-refractivity contribution < 1.29 is 37.4 Å². The average molecular weight is 756 g/mol. The topological polar surface area (TPSA) is 167 Å². The van der Waals surface area contributed by atoms with Gasteiger partial charge in [0.25, 0.3) is 0 Å². The number of hydrogen-bond acceptors (Lipinski definition) is 11. The number of carbonyl (C=O) groups excluding carboxylic acids is 3. The number of ether oxygens (including phenoxy) is 3. The van der Waals surface area contributed by atoms with Gasteiger partial charge in [0.1, 0.15) is 36.1 Å². The summed E-state index contributed by atoms with van der Waals surface area (Å²) in [5, 5.41) is 9.51. The Morgan fingerprint density at radius 3 is 2.68 bits per heavy atom. The van der Waals surface area contributed by atoms with Crippen LogP contribution in [0.5, 0.6) is 5.75 Å². The third-order valence-corrected chi connectivity index (χ3v) is 10.3. The van der Waals surface area contributed by atoms with E-state index in [4.69, 9.17) is 28.0 Å². The molecule has 0 aliphatic carbocycles. The van der Waals surface area contributed by atoms with Crippen LogP contribution in [-0.4, -0.2) is 47.3 Å². The molecule has 0 radical (unpaired) electrons. The SMILES string of the molecule is CCCCC#Cc1cccc2c1N[C@H]1Oc3ccc4cc3C21c1oc(nc1-c1nc(C(=O)OC)co1)[C@H](C(C)C)NC(=O)[C@@H](NC(=O)OCc1ccccc1)C4. The highest BCUT2D eigenvalue weighted by Gasteiger charge is 2.61. The first-order valence-corrected chi connectivity index (χ1v) is 18.7. The van der Waals surface area contributed by atoms with E-state index in [2.05, 4.69) is 39.7 Å². The quantitative estimate of drug-likeness (QED) is 0.0866. The van der Waals surface area contributed by atoms with Crippen LogP contribution in [0.2, 0.25) is 0 Å². The van der Waals surface area contributed by atoms with Gasteiger partial charge in [-0.25, -0.2) is 19.6 Å². The maximum atomic E-state index is 14.2. The van der Waals surface area contributed by atoms with Crippen molar-refractivity contribution in [2.24, 2.45) is 5.92 Å². The van der Waals surface area contributed by atoms with Crippen LogP contribution < -0.4 is 20.7 Å². The summed E-state index contributed by atoms with van der Waals surface area (Å²) in [6.07, 6.45) is 2.66. The second kappa shape index (κ2) is 14.9. The van der Waals surface area contributed by atoms with Crippen molar-refractivity contribution in [1.29, 1.82) is 0 Å². The number of fused-ring (bicyclic) bond motifs is 4. The summed E-state index contributed by atoms with van der Waals surface area (Å²) in [6.45, 7) is 6.02. The maximum absolute atomic E-state index is 14.2. The second-order valence-electron chi connectivity index (χ2n) is 14.4. The molecule has 0 fully saturated rings. The largest absolute Gasteiger partial charge is 0.469 e. The van der Waals surface area contributed by atoms with E-state index in [9.17, 15) is 14.4 Å². The van der Waals surface area contributed by atoms with E-state index >= 15 is 0 Å². The molecule has 3 aliphatic heterocycles. The van der Waals surface area contributed by atoms with Gasteiger partial charge in [0.2, 0.25) is 17.7 Å². The van der Waals surface area contributed by atoms with Crippen molar-refractivity contribution in [3.63, 3.8) is 0 Å². The summed E-state index contributed by atoms with van der Waals surface area (Å²) < 4.78 is 30.0. The third-order valence-electron chi connectivity index (χ3n) is 10.3. The molecule has 286 valence electrons. The molecule has 4 atom stereocenters. The minimum absolute atomic E-state index is 0.0153. The number of alkyl carbamates (subject to hydrolysis) is 1. The number of anilines is 1. The highest BCUT2D eigenvalue weighted by molar-refractivity contribution is 5.88. The number of unbranched alkanes of at least 4 members (excludes halogenated alkanes) is 2. The fourth-order valence-corrected chi connectivity index (χ4v) is 7.54. The lowest BCUT2D eigenvalue weighted by Gasteiger charge is -2.28. The number of benzene rings is 3. The minimum atomic E-state index is -1.18. The summed E-state index contributed by atoms with van der Waals surface area (Å²) in [5.74, 6) is 6.40. The Hall–Kier alpha value is -6.55. The lowest BCUT2D eigenvalue weighted by Crippen LogP contribution is -2.49. The van der Waals surface area contributed by atoms with Crippen LogP contribution in [0.25, 0.3) is 11.6 Å². The zero-order valence-corrected chi connectivity index (χ0v) is 31.4. The summed E-state index contributed by atoms with van der Waals surface area (Å²) in [7, 11) is 1.26. The van der Waals surface area contributed by atoms with Crippen molar-refractivity contribution in [1.82, 2.24) is 20.6 Å². The van der Waals surface area contributed by atoms with Gasteiger partial charge in [-0.05, 0) is 35.6 Å². The molecule has 3 aromatic carbocycles.